The van der Waals surface area contributed by atoms with Gasteiger partial charge < -0.3 is 15.8 Å². The van der Waals surface area contributed by atoms with E-state index in [-0.39, 0.29) is 5.95 Å². The van der Waals surface area contributed by atoms with Crippen molar-refractivity contribution < 1.29 is 4.74 Å². The van der Waals surface area contributed by atoms with E-state index < -0.39 is 0 Å². The van der Waals surface area contributed by atoms with Gasteiger partial charge in [-0.1, -0.05) is 56.3 Å². The molecule has 0 amide bonds. The number of nitrogen functional groups attached to an aromatic ring is 1. The maximum Gasteiger partial charge on any atom is 0.222 e. The highest BCUT2D eigenvalue weighted by Gasteiger charge is 2.13. The lowest BCUT2D eigenvalue weighted by atomic mass is 10.0. The average molecular weight is 348 g/mol. The van der Waals surface area contributed by atoms with Crippen molar-refractivity contribution in [1.29, 1.82) is 0 Å². The second-order valence-electron chi connectivity index (χ2n) is 6.58. The summed E-state index contributed by atoms with van der Waals surface area (Å²) in [7, 11) is 0. The van der Waals surface area contributed by atoms with E-state index in [0.29, 0.717) is 24.0 Å². The molecule has 0 atom stereocenters. The lowest BCUT2D eigenvalue weighted by molar-refractivity contribution is 0.470. The molecule has 1 heterocycles. The predicted octanol–water partition coefficient (Wildman–Crippen LogP) is 4.90. The number of nitrogens with one attached hydrogen (secondary N) is 1. The molecule has 3 aromatic rings. The van der Waals surface area contributed by atoms with E-state index >= 15 is 0 Å². The van der Waals surface area contributed by atoms with Gasteiger partial charge in [-0.15, -0.1) is 0 Å². The van der Waals surface area contributed by atoms with E-state index in [0.717, 1.165) is 22.4 Å². The third-order valence-electron chi connectivity index (χ3n) is 4.09. The van der Waals surface area contributed by atoms with Crippen molar-refractivity contribution in [3.05, 3.63) is 71.4 Å². The number of nitrogens with two attached hydrogens (primary N) is 1. The Balaban J connectivity index is 1.88. The molecule has 0 aliphatic rings. The summed E-state index contributed by atoms with van der Waals surface area (Å²) in [6, 6.07) is 16.3. The molecule has 0 fully saturated rings. The molecule has 26 heavy (non-hydrogen) atoms. The summed E-state index contributed by atoms with van der Waals surface area (Å²) in [5.41, 5.74) is 9.20. The Hall–Kier alpha value is -3.08. The highest BCUT2D eigenvalue weighted by molar-refractivity contribution is 5.54. The SMILES string of the molecule is Cc1ccc(C(C)C)c(Oc2cnc(N)nc2NCc2ccccc2)c1. The Morgan fingerprint density at radius 2 is 1.85 bits per heavy atom. The van der Waals surface area contributed by atoms with Crippen LogP contribution < -0.4 is 15.8 Å². The summed E-state index contributed by atoms with van der Waals surface area (Å²) in [5, 5.41) is 3.30. The van der Waals surface area contributed by atoms with Crippen LogP contribution >= 0.6 is 0 Å². The summed E-state index contributed by atoms with van der Waals surface area (Å²) in [5.74, 6) is 2.51. The number of anilines is 2. The van der Waals surface area contributed by atoms with Gasteiger partial charge in [0.1, 0.15) is 5.75 Å². The van der Waals surface area contributed by atoms with Gasteiger partial charge in [0.25, 0.3) is 0 Å². The summed E-state index contributed by atoms with van der Waals surface area (Å²) in [6.07, 6.45) is 1.61. The molecule has 2 aromatic carbocycles. The summed E-state index contributed by atoms with van der Waals surface area (Å²) < 4.78 is 6.18. The van der Waals surface area contributed by atoms with Crippen LogP contribution in [0.15, 0.2) is 54.7 Å². The molecule has 134 valence electrons. The zero-order valence-corrected chi connectivity index (χ0v) is 15.4. The van der Waals surface area contributed by atoms with Gasteiger partial charge in [0, 0.05) is 6.54 Å². The summed E-state index contributed by atoms with van der Waals surface area (Å²) >= 11 is 0. The molecule has 0 aliphatic heterocycles. The first kappa shape index (κ1) is 17.7. The first-order valence-electron chi connectivity index (χ1n) is 8.71. The van der Waals surface area contributed by atoms with Gasteiger partial charge in [-0.25, -0.2) is 4.98 Å². The fourth-order valence-electron chi connectivity index (χ4n) is 2.69. The van der Waals surface area contributed by atoms with Crippen molar-refractivity contribution in [2.24, 2.45) is 0 Å². The van der Waals surface area contributed by atoms with E-state index in [9.17, 15) is 0 Å². The second-order valence-corrected chi connectivity index (χ2v) is 6.58. The van der Waals surface area contributed by atoms with E-state index in [1.54, 1.807) is 6.20 Å². The van der Waals surface area contributed by atoms with Crippen LogP contribution in [0, 0.1) is 6.92 Å². The molecule has 1 aromatic heterocycles. The zero-order chi connectivity index (χ0) is 18.5. The van der Waals surface area contributed by atoms with Crippen LogP contribution in [0.1, 0.15) is 36.5 Å². The average Bonchev–Trinajstić information content (AvgIpc) is 2.62. The van der Waals surface area contributed by atoms with Crippen LogP contribution in [0.2, 0.25) is 0 Å². The van der Waals surface area contributed by atoms with Crippen LogP contribution in [0.3, 0.4) is 0 Å². The van der Waals surface area contributed by atoms with E-state index in [4.69, 9.17) is 10.5 Å². The van der Waals surface area contributed by atoms with Gasteiger partial charge in [0.15, 0.2) is 11.6 Å². The maximum absolute atomic E-state index is 6.18. The van der Waals surface area contributed by atoms with Crippen LogP contribution in [-0.2, 0) is 6.54 Å². The highest BCUT2D eigenvalue weighted by atomic mass is 16.5. The Bertz CT molecular complexity index is 878. The minimum Gasteiger partial charge on any atom is -0.452 e. The van der Waals surface area contributed by atoms with Crippen molar-refractivity contribution in [3.63, 3.8) is 0 Å². The standard InChI is InChI=1S/C21H24N4O/c1-14(2)17-10-9-15(3)11-18(17)26-19-13-24-21(22)25-20(19)23-12-16-7-5-4-6-8-16/h4-11,13-14H,12H2,1-3H3,(H3,22,23,24,25). The molecule has 3 rings (SSSR count). The largest absolute Gasteiger partial charge is 0.452 e. The number of benzene rings is 2. The molecule has 0 saturated carbocycles. The minimum absolute atomic E-state index is 0.209. The van der Waals surface area contributed by atoms with Crippen molar-refractivity contribution in [2.75, 3.05) is 11.1 Å². The zero-order valence-electron chi connectivity index (χ0n) is 15.4. The number of aryl methyl sites for hydroxylation is 1. The van der Waals surface area contributed by atoms with Crippen molar-refractivity contribution in [2.45, 2.75) is 33.2 Å². The molecule has 5 nitrogen and oxygen atoms in total. The van der Waals surface area contributed by atoms with Crippen LogP contribution in [-0.4, -0.2) is 9.97 Å². The Labute approximate surface area is 154 Å². The van der Waals surface area contributed by atoms with Gasteiger partial charge >= 0.3 is 0 Å². The van der Waals surface area contributed by atoms with Gasteiger partial charge in [0.2, 0.25) is 5.95 Å². The number of hydrogen-bond donors (Lipinski definition) is 2. The van der Waals surface area contributed by atoms with Gasteiger partial charge in [0.05, 0.1) is 6.20 Å². The number of rotatable bonds is 6. The summed E-state index contributed by atoms with van der Waals surface area (Å²) in [4.78, 5) is 8.40. The van der Waals surface area contributed by atoms with Gasteiger partial charge in [-0.05, 0) is 35.6 Å². The first-order valence-corrected chi connectivity index (χ1v) is 8.71. The fraction of sp³-hybridized carbons (Fsp3) is 0.238. The molecule has 3 N–H and O–H groups in total. The quantitative estimate of drug-likeness (QED) is 0.663. The lowest BCUT2D eigenvalue weighted by Gasteiger charge is -2.17. The second kappa shape index (κ2) is 7.87. The normalized spacial score (nSPS) is 10.8. The third kappa shape index (κ3) is 4.30. The Kier molecular flexibility index (Phi) is 5.37. The number of hydrogen-bond acceptors (Lipinski definition) is 5. The maximum atomic E-state index is 6.18. The number of ether oxygens (including phenoxy) is 1. The first-order chi connectivity index (χ1) is 12.5. The predicted molar refractivity (Wildman–Crippen MR) is 106 cm³/mol. The number of nitrogens with zero attached hydrogens (tertiary/aromatic N) is 2. The minimum atomic E-state index is 0.209. The molecular formula is C21H24N4O. The molecular weight excluding hydrogens is 324 g/mol. The molecule has 0 radical (unpaired) electrons. The fourth-order valence-corrected chi connectivity index (χ4v) is 2.69. The van der Waals surface area contributed by atoms with Crippen molar-refractivity contribution in [3.8, 4) is 11.5 Å². The van der Waals surface area contributed by atoms with Gasteiger partial charge in [-0.3, -0.25) is 0 Å². The smallest absolute Gasteiger partial charge is 0.222 e. The molecule has 0 saturated heterocycles. The Morgan fingerprint density at radius 3 is 2.58 bits per heavy atom. The van der Waals surface area contributed by atoms with Crippen LogP contribution in [0.25, 0.3) is 0 Å². The number of aromatic nitrogens is 2. The highest BCUT2D eigenvalue weighted by Crippen LogP contribution is 2.34. The van der Waals surface area contributed by atoms with E-state index in [1.807, 2.05) is 31.2 Å². The van der Waals surface area contributed by atoms with Crippen LogP contribution in [0.4, 0.5) is 11.8 Å². The van der Waals surface area contributed by atoms with Crippen LogP contribution in [0.5, 0.6) is 11.5 Å². The lowest BCUT2D eigenvalue weighted by Crippen LogP contribution is -2.06. The molecule has 0 spiro atoms. The Morgan fingerprint density at radius 1 is 1.08 bits per heavy atom. The third-order valence-corrected chi connectivity index (χ3v) is 4.09. The monoisotopic (exact) mass is 348 g/mol. The molecule has 0 aliphatic carbocycles. The van der Waals surface area contributed by atoms with E-state index in [2.05, 4.69) is 53.4 Å². The molecule has 0 bridgehead atoms. The van der Waals surface area contributed by atoms with E-state index in [1.165, 1.54) is 0 Å². The van der Waals surface area contributed by atoms with Crippen molar-refractivity contribution >= 4 is 11.8 Å². The van der Waals surface area contributed by atoms with Gasteiger partial charge in [-0.2, -0.15) is 4.98 Å². The molecule has 5 heteroatoms. The summed E-state index contributed by atoms with van der Waals surface area (Å²) in [6.45, 7) is 6.96. The van der Waals surface area contributed by atoms with Crippen molar-refractivity contribution in [1.82, 2.24) is 9.97 Å². The molecule has 0 unspecified atom stereocenters. The topological polar surface area (TPSA) is 73.1 Å².